The highest BCUT2D eigenvalue weighted by Gasteiger charge is 2.13. The number of carbonyl (C=O) groups is 2. The van der Waals surface area contributed by atoms with Crippen molar-refractivity contribution < 1.29 is 9.59 Å². The van der Waals surface area contributed by atoms with Crippen LogP contribution in [-0.2, 0) is 9.59 Å². The molecular weight excluding hydrogens is 240 g/mol. The third-order valence-corrected chi connectivity index (χ3v) is 2.87. The van der Waals surface area contributed by atoms with Crippen molar-refractivity contribution in [3.63, 3.8) is 0 Å². The lowest BCUT2D eigenvalue weighted by Gasteiger charge is -2.08. The van der Waals surface area contributed by atoms with Crippen LogP contribution < -0.4 is 5.32 Å². The molecule has 0 atom stereocenters. The van der Waals surface area contributed by atoms with Crippen LogP contribution in [0.25, 0.3) is 10.8 Å². The minimum atomic E-state index is -0.627. The number of carbonyl (C=O) groups excluding carboxylic acids is 2. The first-order valence-corrected chi connectivity index (χ1v) is 5.93. The third kappa shape index (κ3) is 2.45. The number of anilines is 1. The molecule has 0 aromatic heterocycles. The lowest BCUT2D eigenvalue weighted by Crippen LogP contribution is -2.21. The minimum Gasteiger partial charge on any atom is -0.319 e. The molecule has 0 unspecified atom stereocenters. The summed E-state index contributed by atoms with van der Waals surface area (Å²) in [7, 11) is 0. The van der Waals surface area contributed by atoms with E-state index in [0.717, 1.165) is 10.8 Å². The number of fused-ring (bicyclic) bond motifs is 1. The van der Waals surface area contributed by atoms with Crippen molar-refractivity contribution in [1.82, 2.24) is 0 Å². The van der Waals surface area contributed by atoms with Crippen molar-refractivity contribution in [2.24, 2.45) is 0 Å². The maximum absolute atomic E-state index is 11.6. The molecule has 0 saturated heterocycles. The summed E-state index contributed by atoms with van der Waals surface area (Å²) < 4.78 is 0. The van der Waals surface area contributed by atoms with Gasteiger partial charge in [-0.2, -0.15) is 5.26 Å². The van der Waals surface area contributed by atoms with Crippen molar-refractivity contribution in [1.29, 1.82) is 5.26 Å². The predicted molar refractivity (Wildman–Crippen MR) is 72.6 cm³/mol. The van der Waals surface area contributed by atoms with Gasteiger partial charge in [-0.05, 0) is 12.1 Å². The van der Waals surface area contributed by atoms with Crippen LogP contribution in [-0.4, -0.2) is 11.7 Å². The number of nitrogens with zero attached hydrogens (tertiary/aromatic N) is 1. The third-order valence-electron chi connectivity index (χ3n) is 2.87. The number of benzene rings is 2. The van der Waals surface area contributed by atoms with E-state index in [4.69, 9.17) is 5.26 Å². The highest BCUT2D eigenvalue weighted by Crippen LogP contribution is 2.26. The van der Waals surface area contributed by atoms with Crippen LogP contribution in [0.5, 0.6) is 0 Å². The molecule has 0 aliphatic heterocycles. The monoisotopic (exact) mass is 252 g/mol. The first-order chi connectivity index (χ1) is 9.17. The van der Waals surface area contributed by atoms with Gasteiger partial charge in [0.25, 0.3) is 5.91 Å². The number of nitriles is 1. The number of ketones is 1. The van der Waals surface area contributed by atoms with Crippen LogP contribution in [0.3, 0.4) is 0 Å². The van der Waals surface area contributed by atoms with Crippen LogP contribution in [0.15, 0.2) is 36.4 Å². The quantitative estimate of drug-likeness (QED) is 0.853. The lowest BCUT2D eigenvalue weighted by molar-refractivity contribution is -0.134. The topological polar surface area (TPSA) is 70.0 Å². The Morgan fingerprint density at radius 3 is 2.47 bits per heavy atom. The summed E-state index contributed by atoms with van der Waals surface area (Å²) in [6.07, 6.45) is 0.167. The summed E-state index contributed by atoms with van der Waals surface area (Å²) in [5, 5.41) is 13.1. The molecule has 19 heavy (non-hydrogen) atoms. The van der Waals surface area contributed by atoms with Crippen LogP contribution in [0.2, 0.25) is 0 Å². The van der Waals surface area contributed by atoms with E-state index >= 15 is 0 Å². The van der Waals surface area contributed by atoms with Crippen molar-refractivity contribution in [2.75, 3.05) is 5.32 Å². The van der Waals surface area contributed by atoms with E-state index in [0.29, 0.717) is 11.3 Å². The SMILES string of the molecule is CCC(=O)C(=O)Nc1ccc(C#N)c2ccccc12. The maximum atomic E-state index is 11.6. The zero-order chi connectivity index (χ0) is 13.8. The van der Waals surface area contributed by atoms with Gasteiger partial charge in [0.2, 0.25) is 5.78 Å². The second-order valence-corrected chi connectivity index (χ2v) is 4.05. The van der Waals surface area contributed by atoms with Crippen molar-refractivity contribution >= 4 is 28.2 Å². The zero-order valence-corrected chi connectivity index (χ0v) is 10.4. The summed E-state index contributed by atoms with van der Waals surface area (Å²) in [6, 6.07) is 12.6. The molecule has 1 N–H and O–H groups in total. The van der Waals surface area contributed by atoms with Gasteiger partial charge in [-0.25, -0.2) is 0 Å². The van der Waals surface area contributed by atoms with E-state index in [1.807, 2.05) is 24.3 Å². The Morgan fingerprint density at radius 1 is 1.16 bits per heavy atom. The van der Waals surface area contributed by atoms with Crippen LogP contribution in [0.1, 0.15) is 18.9 Å². The standard InChI is InChI=1S/C15H12N2O2/c1-2-14(18)15(19)17-13-8-7-10(9-16)11-5-3-4-6-12(11)13/h3-8H,2H2,1H3,(H,17,19). The molecule has 0 aliphatic carbocycles. The molecule has 2 aromatic carbocycles. The number of hydrogen-bond donors (Lipinski definition) is 1. The van der Waals surface area contributed by atoms with Crippen LogP contribution in [0.4, 0.5) is 5.69 Å². The normalized spacial score (nSPS) is 9.89. The number of rotatable bonds is 3. The van der Waals surface area contributed by atoms with Crippen LogP contribution in [0, 0.1) is 11.3 Å². The van der Waals surface area contributed by atoms with Gasteiger partial charge in [0.05, 0.1) is 11.6 Å². The summed E-state index contributed by atoms with van der Waals surface area (Å²) in [5.74, 6) is -1.09. The van der Waals surface area contributed by atoms with E-state index in [1.54, 1.807) is 19.1 Å². The van der Waals surface area contributed by atoms with Gasteiger partial charge in [0.15, 0.2) is 0 Å². The number of hydrogen-bond acceptors (Lipinski definition) is 3. The average molecular weight is 252 g/mol. The lowest BCUT2D eigenvalue weighted by atomic mass is 10.0. The summed E-state index contributed by atoms with van der Waals surface area (Å²) in [4.78, 5) is 22.9. The fourth-order valence-electron chi connectivity index (χ4n) is 1.86. The molecule has 2 aromatic rings. The number of nitrogens with one attached hydrogen (secondary N) is 1. The van der Waals surface area contributed by atoms with Crippen molar-refractivity contribution in [3.8, 4) is 6.07 Å². The molecule has 4 nitrogen and oxygen atoms in total. The molecule has 0 heterocycles. The molecule has 94 valence electrons. The fourth-order valence-corrected chi connectivity index (χ4v) is 1.86. The fraction of sp³-hybridized carbons (Fsp3) is 0.133. The second kappa shape index (κ2) is 5.32. The largest absolute Gasteiger partial charge is 0.319 e. The van der Waals surface area contributed by atoms with Gasteiger partial charge in [-0.15, -0.1) is 0 Å². The van der Waals surface area contributed by atoms with E-state index in [9.17, 15) is 9.59 Å². The van der Waals surface area contributed by atoms with Gasteiger partial charge >= 0.3 is 0 Å². The van der Waals surface area contributed by atoms with Gasteiger partial charge in [0.1, 0.15) is 0 Å². The van der Waals surface area contributed by atoms with Crippen molar-refractivity contribution in [2.45, 2.75) is 13.3 Å². The number of Topliss-reactive ketones (excluding diaryl/α,β-unsaturated/α-hetero) is 1. The molecule has 0 aliphatic rings. The molecule has 0 spiro atoms. The Labute approximate surface area is 110 Å². The molecule has 4 heteroatoms. The second-order valence-electron chi connectivity index (χ2n) is 4.05. The molecule has 0 saturated carbocycles. The highest BCUT2D eigenvalue weighted by atomic mass is 16.2. The molecule has 1 amide bonds. The molecule has 0 radical (unpaired) electrons. The van der Waals surface area contributed by atoms with E-state index in [-0.39, 0.29) is 6.42 Å². The Morgan fingerprint density at radius 2 is 1.84 bits per heavy atom. The molecule has 0 fully saturated rings. The summed E-state index contributed by atoms with van der Waals surface area (Å²) in [6.45, 7) is 1.64. The first-order valence-electron chi connectivity index (χ1n) is 5.93. The summed E-state index contributed by atoms with van der Waals surface area (Å²) in [5.41, 5.74) is 1.08. The molecule has 2 rings (SSSR count). The Bertz CT molecular complexity index is 699. The Balaban J connectivity index is 2.49. The van der Waals surface area contributed by atoms with Gasteiger partial charge in [-0.1, -0.05) is 31.2 Å². The highest BCUT2D eigenvalue weighted by molar-refractivity contribution is 6.41. The van der Waals surface area contributed by atoms with E-state index < -0.39 is 11.7 Å². The van der Waals surface area contributed by atoms with Gasteiger partial charge in [0, 0.05) is 22.9 Å². The molecule has 0 bridgehead atoms. The van der Waals surface area contributed by atoms with Crippen LogP contribution >= 0.6 is 0 Å². The maximum Gasteiger partial charge on any atom is 0.291 e. The van der Waals surface area contributed by atoms with Crippen molar-refractivity contribution in [3.05, 3.63) is 42.0 Å². The average Bonchev–Trinajstić information content (AvgIpc) is 2.46. The zero-order valence-electron chi connectivity index (χ0n) is 10.4. The number of amides is 1. The summed E-state index contributed by atoms with van der Waals surface area (Å²) >= 11 is 0. The van der Waals surface area contributed by atoms with Gasteiger partial charge in [-0.3, -0.25) is 9.59 Å². The molecular formula is C15H12N2O2. The Hall–Kier alpha value is -2.67. The van der Waals surface area contributed by atoms with Gasteiger partial charge < -0.3 is 5.32 Å². The predicted octanol–water partition coefficient (Wildman–Crippen LogP) is 2.63. The van der Waals surface area contributed by atoms with E-state index in [2.05, 4.69) is 11.4 Å². The first kappa shape index (κ1) is 12.8. The minimum absolute atomic E-state index is 0.167. The van der Waals surface area contributed by atoms with E-state index in [1.165, 1.54) is 0 Å². The smallest absolute Gasteiger partial charge is 0.291 e. The Kier molecular flexibility index (Phi) is 3.58.